The normalized spacial score (nSPS) is 11.1. The average molecular weight is 438 g/mol. The Kier molecular flexibility index (Phi) is 7.27. The lowest BCUT2D eigenvalue weighted by molar-refractivity contribution is -0.117. The second-order valence-corrected chi connectivity index (χ2v) is 7.98. The zero-order valence-electron chi connectivity index (χ0n) is 14.6. The van der Waals surface area contributed by atoms with E-state index in [1.807, 2.05) is 4.72 Å². The first kappa shape index (κ1) is 21.5. The van der Waals surface area contributed by atoms with Gasteiger partial charge < -0.3 is 5.32 Å². The number of hydrogen-bond donors (Lipinski definition) is 3. The van der Waals surface area contributed by atoms with Crippen molar-refractivity contribution in [1.29, 1.82) is 0 Å². The van der Waals surface area contributed by atoms with Crippen LogP contribution < -0.4 is 15.4 Å². The van der Waals surface area contributed by atoms with Crippen LogP contribution in [0.2, 0.25) is 5.02 Å². The van der Waals surface area contributed by atoms with E-state index >= 15 is 0 Å². The summed E-state index contributed by atoms with van der Waals surface area (Å²) in [4.78, 5) is 22.8. The topological polar surface area (TPSA) is 104 Å². The maximum absolute atomic E-state index is 11.9. The number of carbonyl (C=O) groups excluding carboxylic acids is 2. The van der Waals surface area contributed by atoms with Crippen molar-refractivity contribution in [2.45, 2.75) is 11.8 Å². The minimum atomic E-state index is -3.91. The van der Waals surface area contributed by atoms with Crippen molar-refractivity contribution in [3.05, 3.63) is 65.2 Å². The summed E-state index contributed by atoms with van der Waals surface area (Å²) in [6.07, 6.45) is 2.85. The molecule has 28 heavy (non-hydrogen) atoms. The van der Waals surface area contributed by atoms with E-state index in [-0.39, 0.29) is 10.0 Å². The monoisotopic (exact) mass is 437 g/mol. The highest BCUT2D eigenvalue weighted by Gasteiger charge is 2.15. The fraction of sp³-hybridized carbons (Fsp3) is 0.0556. The Morgan fingerprint density at radius 1 is 1.07 bits per heavy atom. The Morgan fingerprint density at radius 2 is 1.71 bits per heavy atom. The number of nitrogens with one attached hydrogen (secondary N) is 3. The van der Waals surface area contributed by atoms with Crippen molar-refractivity contribution in [3.8, 4) is 0 Å². The molecule has 2 aromatic rings. The van der Waals surface area contributed by atoms with Crippen molar-refractivity contribution in [3.63, 3.8) is 0 Å². The predicted octanol–water partition coefficient (Wildman–Crippen LogP) is 2.69. The molecule has 0 radical (unpaired) electrons. The Balaban J connectivity index is 1.95. The molecule has 0 aromatic heterocycles. The van der Waals surface area contributed by atoms with Gasteiger partial charge in [0.1, 0.15) is 0 Å². The van der Waals surface area contributed by atoms with Gasteiger partial charge in [-0.25, -0.2) is 13.1 Å². The van der Waals surface area contributed by atoms with Gasteiger partial charge in [0.05, 0.1) is 4.90 Å². The van der Waals surface area contributed by atoms with Crippen molar-refractivity contribution in [1.82, 2.24) is 10.0 Å². The molecule has 0 spiro atoms. The molecule has 0 aliphatic rings. The molecule has 0 unspecified atom stereocenters. The summed E-state index contributed by atoms with van der Waals surface area (Å²) in [7, 11) is -3.91. The van der Waals surface area contributed by atoms with Crippen LogP contribution in [0.5, 0.6) is 0 Å². The summed E-state index contributed by atoms with van der Waals surface area (Å²) in [6.45, 7) is 1.11. The molecule has 2 amide bonds. The molecule has 2 aromatic carbocycles. The van der Waals surface area contributed by atoms with Crippen molar-refractivity contribution in [2.24, 2.45) is 0 Å². The Labute approximate surface area is 172 Å². The molecule has 10 heteroatoms. The van der Waals surface area contributed by atoms with Crippen LogP contribution in [0.25, 0.3) is 6.08 Å². The first-order valence-electron chi connectivity index (χ1n) is 7.85. The molecule has 0 aliphatic heterocycles. The quantitative estimate of drug-likeness (QED) is 0.490. The van der Waals surface area contributed by atoms with Gasteiger partial charge in [-0.1, -0.05) is 29.8 Å². The number of halogens is 1. The molecule has 0 aliphatic carbocycles. The highest BCUT2D eigenvalue weighted by Crippen LogP contribution is 2.16. The smallest absolute Gasteiger partial charge is 0.264 e. The molecular weight excluding hydrogens is 422 g/mol. The van der Waals surface area contributed by atoms with Gasteiger partial charge >= 0.3 is 0 Å². The van der Waals surface area contributed by atoms with Gasteiger partial charge in [0.25, 0.3) is 10.0 Å². The lowest BCUT2D eigenvalue weighted by Gasteiger charge is -2.09. The van der Waals surface area contributed by atoms with E-state index in [1.165, 1.54) is 30.3 Å². The zero-order valence-corrected chi connectivity index (χ0v) is 17.0. The Hall–Kier alpha value is -2.75. The molecular formula is C18H16ClN3O4S2. The van der Waals surface area contributed by atoms with E-state index < -0.39 is 21.8 Å². The summed E-state index contributed by atoms with van der Waals surface area (Å²) in [5, 5.41) is 5.77. The average Bonchev–Trinajstić information content (AvgIpc) is 2.60. The van der Waals surface area contributed by atoms with Crippen LogP contribution in [0.4, 0.5) is 5.69 Å². The SMILES string of the molecule is CC(=O)NS(=O)(=O)c1ccc(NC(=S)NC(=O)C=Cc2ccccc2Cl)cc1. The molecule has 0 heterocycles. The maximum atomic E-state index is 11.9. The number of amides is 2. The summed E-state index contributed by atoms with van der Waals surface area (Å²) in [5.41, 5.74) is 1.15. The zero-order chi connectivity index (χ0) is 20.7. The third-order valence-electron chi connectivity index (χ3n) is 3.26. The van der Waals surface area contributed by atoms with E-state index in [2.05, 4.69) is 10.6 Å². The number of hydrogen-bond acceptors (Lipinski definition) is 5. The Morgan fingerprint density at radius 3 is 2.32 bits per heavy atom. The summed E-state index contributed by atoms with van der Waals surface area (Å²) < 4.78 is 25.6. The fourth-order valence-corrected chi connectivity index (χ4v) is 3.47. The van der Waals surface area contributed by atoms with E-state index in [9.17, 15) is 18.0 Å². The van der Waals surface area contributed by atoms with Gasteiger partial charge in [-0.2, -0.15) is 0 Å². The summed E-state index contributed by atoms with van der Waals surface area (Å²) >= 11 is 11.1. The highest BCUT2D eigenvalue weighted by molar-refractivity contribution is 7.90. The largest absolute Gasteiger partial charge is 0.332 e. The second kappa shape index (κ2) is 9.45. The molecule has 0 bridgehead atoms. The lowest BCUT2D eigenvalue weighted by Crippen LogP contribution is -2.32. The van der Waals surface area contributed by atoms with Gasteiger partial charge in [-0.05, 0) is 54.2 Å². The molecule has 0 saturated heterocycles. The van der Waals surface area contributed by atoms with Gasteiger partial charge in [0.15, 0.2) is 5.11 Å². The molecule has 3 N–H and O–H groups in total. The van der Waals surface area contributed by atoms with Crippen molar-refractivity contribution >= 4 is 62.5 Å². The van der Waals surface area contributed by atoms with Crippen LogP contribution in [0.1, 0.15) is 12.5 Å². The molecule has 0 fully saturated rings. The molecule has 0 atom stereocenters. The highest BCUT2D eigenvalue weighted by atomic mass is 35.5. The van der Waals surface area contributed by atoms with Crippen LogP contribution in [0, 0.1) is 0 Å². The lowest BCUT2D eigenvalue weighted by atomic mass is 10.2. The summed E-state index contributed by atoms with van der Waals surface area (Å²) in [6, 6.07) is 12.6. The van der Waals surface area contributed by atoms with E-state index in [4.69, 9.17) is 23.8 Å². The fourth-order valence-electron chi connectivity index (χ4n) is 2.06. The number of carbonyl (C=O) groups is 2. The van der Waals surface area contributed by atoms with Gasteiger partial charge in [-0.15, -0.1) is 0 Å². The van der Waals surface area contributed by atoms with E-state index in [0.29, 0.717) is 16.3 Å². The minimum absolute atomic E-state index is 0.0336. The van der Waals surface area contributed by atoms with Crippen LogP contribution in [-0.4, -0.2) is 25.3 Å². The van der Waals surface area contributed by atoms with Gasteiger partial charge in [0.2, 0.25) is 11.8 Å². The van der Waals surface area contributed by atoms with Crippen molar-refractivity contribution < 1.29 is 18.0 Å². The van der Waals surface area contributed by atoms with Crippen LogP contribution in [0.3, 0.4) is 0 Å². The predicted molar refractivity (Wildman–Crippen MR) is 112 cm³/mol. The number of sulfonamides is 1. The number of thiocarbonyl (C=S) groups is 1. The number of rotatable bonds is 5. The standard InChI is InChI=1S/C18H16ClN3O4S2/c1-12(23)22-28(25,26)15-9-7-14(8-10-15)20-18(27)21-17(24)11-6-13-4-2-3-5-16(13)19/h2-11H,1H3,(H,22,23)(H2,20,21,24,27). The third-order valence-corrected chi connectivity index (χ3v) is 5.25. The van der Waals surface area contributed by atoms with Crippen LogP contribution in [-0.2, 0) is 19.6 Å². The van der Waals surface area contributed by atoms with Crippen LogP contribution in [0.15, 0.2) is 59.5 Å². The number of benzene rings is 2. The Bertz CT molecular complexity index is 1040. The van der Waals surface area contributed by atoms with Crippen molar-refractivity contribution in [2.75, 3.05) is 5.32 Å². The van der Waals surface area contributed by atoms with E-state index in [1.54, 1.807) is 30.3 Å². The molecule has 7 nitrogen and oxygen atoms in total. The third kappa shape index (κ3) is 6.45. The number of anilines is 1. The van der Waals surface area contributed by atoms with Gasteiger partial charge in [-0.3, -0.25) is 14.9 Å². The molecule has 2 rings (SSSR count). The first-order chi connectivity index (χ1) is 13.2. The molecule has 146 valence electrons. The van der Waals surface area contributed by atoms with Gasteiger partial charge in [0, 0.05) is 23.7 Å². The maximum Gasteiger partial charge on any atom is 0.264 e. The molecule has 0 saturated carbocycles. The minimum Gasteiger partial charge on any atom is -0.332 e. The second-order valence-electron chi connectivity index (χ2n) is 5.48. The van der Waals surface area contributed by atoms with E-state index in [0.717, 1.165) is 6.92 Å². The van der Waals surface area contributed by atoms with Crippen LogP contribution >= 0.6 is 23.8 Å². The first-order valence-corrected chi connectivity index (χ1v) is 10.1. The summed E-state index contributed by atoms with van der Waals surface area (Å²) in [5.74, 6) is -1.14.